The Morgan fingerprint density at radius 1 is 1.18 bits per heavy atom. The number of rotatable bonds is 3. The number of nitrogens with one attached hydrogen (secondary N) is 2. The second-order valence-corrected chi connectivity index (χ2v) is 6.84. The number of aliphatic carboxylic acids is 1. The van der Waals surface area contributed by atoms with Crippen LogP contribution in [0.1, 0.15) is 21.7 Å². The number of carboxylic acids is 1. The van der Waals surface area contributed by atoms with E-state index in [-0.39, 0.29) is 11.8 Å². The van der Waals surface area contributed by atoms with E-state index in [0.717, 1.165) is 4.88 Å². The molecule has 0 unspecified atom stereocenters. The van der Waals surface area contributed by atoms with Crippen LogP contribution in [0.25, 0.3) is 0 Å². The Morgan fingerprint density at radius 2 is 1.86 bits per heavy atom. The van der Waals surface area contributed by atoms with Crippen LogP contribution in [-0.2, 0) is 9.59 Å². The molecule has 7 heteroatoms. The fourth-order valence-electron chi connectivity index (χ4n) is 3.35. The molecule has 1 fully saturated rings. The zero-order valence-corrected chi connectivity index (χ0v) is 12.7. The van der Waals surface area contributed by atoms with Gasteiger partial charge in [0.2, 0.25) is 5.91 Å². The number of fused-ring (bicyclic) bond motifs is 2. The zero-order valence-electron chi connectivity index (χ0n) is 11.9. The maximum atomic E-state index is 12.3. The Kier molecular flexibility index (Phi) is 3.74. The maximum absolute atomic E-state index is 12.3. The van der Waals surface area contributed by atoms with Gasteiger partial charge in [-0.25, -0.2) is 0 Å². The van der Waals surface area contributed by atoms with Gasteiger partial charge in [0.25, 0.3) is 5.91 Å². The lowest BCUT2D eigenvalue weighted by Crippen LogP contribution is -2.48. The molecule has 0 saturated heterocycles. The smallest absolute Gasteiger partial charge is 0.307 e. The second kappa shape index (κ2) is 5.57. The van der Waals surface area contributed by atoms with E-state index in [1.54, 1.807) is 11.4 Å². The Balaban J connectivity index is 1.63. The summed E-state index contributed by atoms with van der Waals surface area (Å²) in [6, 6.07) is 1.73. The van der Waals surface area contributed by atoms with E-state index < -0.39 is 29.6 Å². The van der Waals surface area contributed by atoms with Crippen molar-refractivity contribution in [2.75, 3.05) is 0 Å². The van der Waals surface area contributed by atoms with E-state index in [9.17, 15) is 19.5 Å². The summed E-state index contributed by atoms with van der Waals surface area (Å²) in [5.74, 6) is -3.29. The van der Waals surface area contributed by atoms with E-state index >= 15 is 0 Å². The summed E-state index contributed by atoms with van der Waals surface area (Å²) >= 11 is 1.45. The summed E-state index contributed by atoms with van der Waals surface area (Å²) < 4.78 is 0. The Labute approximate surface area is 131 Å². The highest BCUT2D eigenvalue weighted by molar-refractivity contribution is 7.10. The lowest BCUT2D eigenvalue weighted by molar-refractivity contribution is -0.148. The minimum atomic E-state index is -0.961. The number of hydrogen-bond acceptors (Lipinski definition) is 4. The van der Waals surface area contributed by atoms with Crippen molar-refractivity contribution in [3.8, 4) is 0 Å². The molecule has 1 aromatic rings. The Hall–Kier alpha value is -2.15. The lowest BCUT2D eigenvalue weighted by atomic mass is 9.82. The van der Waals surface area contributed by atoms with E-state index in [4.69, 9.17) is 0 Å². The maximum Gasteiger partial charge on any atom is 0.307 e. The molecule has 1 heterocycles. The predicted octanol–water partition coefficient (Wildman–Crippen LogP) is 1.34. The SMILES string of the molecule is Cc1cc(C(=O)NNC(=O)[C@H]2[C@@H](C(=O)O)[C@H]3C=C[C@H]2C3)cs1. The topological polar surface area (TPSA) is 95.5 Å². The molecule has 2 bridgehead atoms. The molecule has 116 valence electrons. The number of hydrogen-bond donors (Lipinski definition) is 3. The van der Waals surface area contributed by atoms with Crippen LogP contribution >= 0.6 is 11.3 Å². The van der Waals surface area contributed by atoms with Crippen LogP contribution in [0.5, 0.6) is 0 Å². The van der Waals surface area contributed by atoms with Gasteiger partial charge in [-0.05, 0) is 31.2 Å². The molecule has 4 atom stereocenters. The number of carbonyl (C=O) groups is 3. The van der Waals surface area contributed by atoms with Gasteiger partial charge < -0.3 is 5.11 Å². The third kappa shape index (κ3) is 2.52. The molecule has 0 spiro atoms. The molecule has 0 radical (unpaired) electrons. The van der Waals surface area contributed by atoms with E-state index in [2.05, 4.69) is 10.9 Å². The number of amides is 2. The van der Waals surface area contributed by atoms with Crippen molar-refractivity contribution < 1.29 is 19.5 Å². The Morgan fingerprint density at radius 3 is 2.45 bits per heavy atom. The van der Waals surface area contributed by atoms with Crippen molar-refractivity contribution in [3.05, 3.63) is 34.0 Å². The summed E-state index contributed by atoms with van der Waals surface area (Å²) in [7, 11) is 0. The highest BCUT2D eigenvalue weighted by atomic mass is 32.1. The average molecular weight is 320 g/mol. The van der Waals surface area contributed by atoms with Gasteiger partial charge in [0.1, 0.15) is 0 Å². The van der Waals surface area contributed by atoms with Crippen LogP contribution in [0, 0.1) is 30.6 Å². The van der Waals surface area contributed by atoms with Gasteiger partial charge in [-0.2, -0.15) is 0 Å². The van der Waals surface area contributed by atoms with E-state index in [1.165, 1.54) is 11.3 Å². The van der Waals surface area contributed by atoms with Gasteiger partial charge in [0.15, 0.2) is 0 Å². The lowest BCUT2D eigenvalue weighted by Gasteiger charge is -2.23. The summed E-state index contributed by atoms with van der Waals surface area (Å²) in [6.07, 6.45) is 4.46. The fourth-order valence-corrected chi connectivity index (χ4v) is 4.04. The Bertz CT molecular complexity index is 666. The third-order valence-electron chi connectivity index (χ3n) is 4.34. The van der Waals surface area contributed by atoms with Gasteiger partial charge in [-0.1, -0.05) is 12.2 Å². The first-order valence-electron chi connectivity index (χ1n) is 7.04. The summed E-state index contributed by atoms with van der Waals surface area (Å²) in [6.45, 7) is 1.89. The molecular formula is C15H16N2O4S. The van der Waals surface area contributed by atoms with Gasteiger partial charge in [0.05, 0.1) is 17.4 Å². The number of hydrazine groups is 1. The summed E-state index contributed by atoms with van der Waals surface area (Å²) in [5.41, 5.74) is 5.21. The summed E-state index contributed by atoms with van der Waals surface area (Å²) in [5, 5.41) is 11.0. The van der Waals surface area contributed by atoms with Crippen LogP contribution in [0.2, 0.25) is 0 Å². The highest BCUT2D eigenvalue weighted by Gasteiger charge is 2.51. The van der Waals surface area contributed by atoms with Crippen LogP contribution in [0.3, 0.4) is 0 Å². The normalized spacial score (nSPS) is 28.6. The zero-order chi connectivity index (χ0) is 15.9. The predicted molar refractivity (Wildman–Crippen MR) is 80.0 cm³/mol. The third-order valence-corrected chi connectivity index (χ3v) is 5.20. The first-order valence-corrected chi connectivity index (χ1v) is 7.92. The molecule has 2 aliphatic rings. The van der Waals surface area contributed by atoms with Gasteiger partial charge in [-0.15, -0.1) is 11.3 Å². The van der Waals surface area contributed by atoms with Crippen molar-refractivity contribution >= 4 is 29.1 Å². The van der Waals surface area contributed by atoms with Crippen LogP contribution in [-0.4, -0.2) is 22.9 Å². The van der Waals surface area contributed by atoms with Gasteiger partial charge >= 0.3 is 5.97 Å². The van der Waals surface area contributed by atoms with Crippen molar-refractivity contribution in [2.45, 2.75) is 13.3 Å². The standard InChI is InChI=1S/C15H16N2O4S/c1-7-4-10(6-22-7)13(18)16-17-14(19)11-8-2-3-9(5-8)12(11)15(20)21/h2-4,6,8-9,11-12H,5H2,1H3,(H,16,18)(H,17,19)(H,20,21)/t8-,9-,11+,12-/m0/s1. The first kappa shape index (κ1) is 14.8. The van der Waals surface area contributed by atoms with Crippen molar-refractivity contribution in [1.82, 2.24) is 10.9 Å². The minimum Gasteiger partial charge on any atom is -0.481 e. The second-order valence-electron chi connectivity index (χ2n) is 5.73. The molecule has 22 heavy (non-hydrogen) atoms. The molecule has 0 aliphatic heterocycles. The molecule has 2 amide bonds. The number of allylic oxidation sites excluding steroid dienone is 2. The highest BCUT2D eigenvalue weighted by Crippen LogP contribution is 2.48. The van der Waals surface area contributed by atoms with Crippen molar-refractivity contribution in [2.24, 2.45) is 23.7 Å². The number of aryl methyl sites for hydroxylation is 1. The van der Waals surface area contributed by atoms with Crippen molar-refractivity contribution in [3.63, 3.8) is 0 Å². The van der Waals surface area contributed by atoms with E-state index in [1.807, 2.05) is 19.1 Å². The quantitative estimate of drug-likeness (QED) is 0.578. The molecule has 2 aliphatic carbocycles. The monoisotopic (exact) mass is 320 g/mol. The molecule has 3 rings (SSSR count). The largest absolute Gasteiger partial charge is 0.481 e. The minimum absolute atomic E-state index is 0.0635. The van der Waals surface area contributed by atoms with E-state index in [0.29, 0.717) is 12.0 Å². The number of thiophene rings is 1. The number of carbonyl (C=O) groups excluding carboxylic acids is 2. The molecule has 6 nitrogen and oxygen atoms in total. The van der Waals surface area contributed by atoms with Crippen LogP contribution < -0.4 is 10.9 Å². The molecule has 1 saturated carbocycles. The first-order chi connectivity index (χ1) is 10.5. The van der Waals surface area contributed by atoms with Crippen LogP contribution in [0.4, 0.5) is 0 Å². The molecule has 0 aromatic carbocycles. The molecular weight excluding hydrogens is 304 g/mol. The fraction of sp³-hybridized carbons (Fsp3) is 0.400. The molecule has 3 N–H and O–H groups in total. The van der Waals surface area contributed by atoms with Gasteiger partial charge in [0, 0.05) is 10.3 Å². The van der Waals surface area contributed by atoms with Crippen molar-refractivity contribution in [1.29, 1.82) is 0 Å². The average Bonchev–Trinajstić information content (AvgIpc) is 3.18. The number of carboxylic acid groups (broad SMARTS) is 1. The van der Waals surface area contributed by atoms with Crippen LogP contribution in [0.15, 0.2) is 23.6 Å². The summed E-state index contributed by atoms with van der Waals surface area (Å²) in [4.78, 5) is 36.5. The molecule has 1 aromatic heterocycles. The van der Waals surface area contributed by atoms with Gasteiger partial charge in [-0.3, -0.25) is 25.2 Å².